The first-order valence-corrected chi connectivity index (χ1v) is 17.8. The highest BCUT2D eigenvalue weighted by Crippen LogP contribution is 2.39. The fourth-order valence-corrected chi connectivity index (χ4v) is 7.11. The second-order valence-corrected chi connectivity index (χ2v) is 14.9. The van der Waals surface area contributed by atoms with Crippen LogP contribution in [0, 0.1) is 11.3 Å². The van der Waals surface area contributed by atoms with Crippen LogP contribution in [0.5, 0.6) is 0 Å². The van der Waals surface area contributed by atoms with Gasteiger partial charge in [-0.3, -0.25) is 19.6 Å². The number of aromatic nitrogens is 3. The van der Waals surface area contributed by atoms with Crippen molar-refractivity contribution in [3.63, 3.8) is 0 Å². The zero-order chi connectivity index (χ0) is 34.5. The van der Waals surface area contributed by atoms with Crippen molar-refractivity contribution in [1.82, 2.24) is 29.4 Å². The quantitative estimate of drug-likeness (QED) is 0.167. The first-order chi connectivity index (χ1) is 23.6. The smallest absolute Gasteiger partial charge is 0.412 e. The third-order valence-corrected chi connectivity index (χ3v) is 9.39. The van der Waals surface area contributed by atoms with E-state index in [0.717, 1.165) is 47.1 Å². The fourth-order valence-electron chi connectivity index (χ4n) is 6.54. The Bertz CT molecular complexity index is 1750. The van der Waals surface area contributed by atoms with Gasteiger partial charge < -0.3 is 9.30 Å². The van der Waals surface area contributed by atoms with Gasteiger partial charge in [0, 0.05) is 67.4 Å². The SMILES string of the molecule is CC(C)(C)OC(=O)N1CCN(C2c3ccc(Cl)cc3CCc3cc(Br)cnc32)CC1ON(CCCn1ccnc1)Cc1cccc(C#N)c1. The molecule has 10 nitrogen and oxygen atoms in total. The monoisotopic (exact) mass is 745 g/mol. The summed E-state index contributed by atoms with van der Waals surface area (Å²) in [5.41, 5.74) is 5.38. The van der Waals surface area contributed by atoms with Gasteiger partial charge in [-0.2, -0.15) is 10.3 Å². The number of benzene rings is 2. The van der Waals surface area contributed by atoms with Gasteiger partial charge >= 0.3 is 6.09 Å². The van der Waals surface area contributed by atoms with Gasteiger partial charge in [-0.15, -0.1) is 0 Å². The molecule has 2 atom stereocenters. The maximum absolute atomic E-state index is 13.7. The molecule has 2 aromatic carbocycles. The van der Waals surface area contributed by atoms with E-state index in [1.54, 1.807) is 23.5 Å². The van der Waals surface area contributed by atoms with Crippen molar-refractivity contribution >= 4 is 33.6 Å². The number of hydroxylamine groups is 2. The largest absolute Gasteiger partial charge is 0.444 e. The lowest BCUT2D eigenvalue weighted by molar-refractivity contribution is -0.254. The molecule has 0 bridgehead atoms. The molecule has 6 rings (SSSR count). The summed E-state index contributed by atoms with van der Waals surface area (Å²) < 4.78 is 8.87. The van der Waals surface area contributed by atoms with E-state index in [1.165, 1.54) is 11.1 Å². The Morgan fingerprint density at radius 1 is 1.14 bits per heavy atom. The van der Waals surface area contributed by atoms with Crippen LogP contribution in [0.3, 0.4) is 0 Å². The number of nitrogens with zero attached hydrogens (tertiary/aromatic N) is 7. The van der Waals surface area contributed by atoms with Crippen molar-refractivity contribution in [2.24, 2.45) is 0 Å². The molecule has 1 aliphatic heterocycles. The van der Waals surface area contributed by atoms with E-state index >= 15 is 0 Å². The number of imidazole rings is 1. The molecule has 1 amide bonds. The van der Waals surface area contributed by atoms with Crippen LogP contribution in [-0.4, -0.2) is 73.5 Å². The van der Waals surface area contributed by atoms with Crippen LogP contribution in [-0.2, 0) is 35.5 Å². The lowest BCUT2D eigenvalue weighted by Crippen LogP contribution is -2.59. The van der Waals surface area contributed by atoms with E-state index in [2.05, 4.69) is 50.1 Å². The molecule has 2 unspecified atom stereocenters. The van der Waals surface area contributed by atoms with E-state index in [-0.39, 0.29) is 6.04 Å². The molecule has 2 aromatic heterocycles. The van der Waals surface area contributed by atoms with Crippen LogP contribution < -0.4 is 0 Å². The van der Waals surface area contributed by atoms with E-state index in [1.807, 2.05) is 67.1 Å². The Morgan fingerprint density at radius 3 is 2.76 bits per heavy atom. The number of halogens is 2. The minimum atomic E-state index is -0.670. The molecule has 256 valence electrons. The molecule has 0 spiro atoms. The molecule has 2 aliphatic rings. The second kappa shape index (κ2) is 15.4. The topological polar surface area (TPSA) is 99.8 Å². The normalized spacial score (nSPS) is 18.0. The van der Waals surface area contributed by atoms with Gasteiger partial charge in [-0.05, 0) is 109 Å². The van der Waals surface area contributed by atoms with Gasteiger partial charge in [0.15, 0.2) is 6.23 Å². The van der Waals surface area contributed by atoms with Crippen LogP contribution in [0.25, 0.3) is 0 Å². The molecule has 49 heavy (non-hydrogen) atoms. The number of hydrogen-bond donors (Lipinski definition) is 0. The summed E-state index contributed by atoms with van der Waals surface area (Å²) in [5.74, 6) is 0. The van der Waals surface area contributed by atoms with E-state index in [0.29, 0.717) is 43.3 Å². The van der Waals surface area contributed by atoms with Gasteiger partial charge in [-0.1, -0.05) is 29.8 Å². The van der Waals surface area contributed by atoms with Gasteiger partial charge in [0.05, 0.1) is 29.7 Å². The second-order valence-electron chi connectivity index (χ2n) is 13.5. The number of ether oxygens (including phenoxy) is 1. The first kappa shape index (κ1) is 35.1. The van der Waals surface area contributed by atoms with Gasteiger partial charge in [-0.25, -0.2) is 9.78 Å². The number of aryl methyl sites for hydroxylation is 3. The Balaban J connectivity index is 1.33. The third kappa shape index (κ3) is 8.87. The molecular weight excluding hydrogens is 706 g/mol. The van der Waals surface area contributed by atoms with Crippen molar-refractivity contribution in [1.29, 1.82) is 5.26 Å². The van der Waals surface area contributed by atoms with Crippen molar-refractivity contribution in [2.75, 3.05) is 26.2 Å². The standard InChI is InChI=1S/C37H41BrClN7O3/c1-37(2,3)48-36(47)46-17-16-44(35-32-11-10-31(39)20-28(32)8-9-29-19-30(38)22-42-34(29)35)24-33(46)49-45(14-5-13-43-15-12-41-25-43)23-27-7-4-6-26(18-27)21-40/h4,6-7,10-12,15,18-20,22,25,33,35H,5,8-9,13-14,16-17,23-24H2,1-3H3. The number of amides is 1. The maximum atomic E-state index is 13.7. The molecule has 12 heteroatoms. The Hall–Kier alpha value is -3.79. The summed E-state index contributed by atoms with van der Waals surface area (Å²) in [6, 6.07) is 17.9. The molecule has 3 heterocycles. The van der Waals surface area contributed by atoms with Crippen LogP contribution >= 0.6 is 27.5 Å². The average molecular weight is 747 g/mol. The fraction of sp³-hybridized carbons (Fsp3) is 0.405. The van der Waals surface area contributed by atoms with Crippen molar-refractivity contribution in [2.45, 2.75) is 71.0 Å². The lowest BCUT2D eigenvalue weighted by atomic mass is 9.96. The summed E-state index contributed by atoms with van der Waals surface area (Å²) in [6.45, 7) is 8.79. The number of nitriles is 1. The molecule has 4 aromatic rings. The molecule has 1 saturated heterocycles. The van der Waals surface area contributed by atoms with Gasteiger partial charge in [0.2, 0.25) is 0 Å². The molecule has 0 saturated carbocycles. The summed E-state index contributed by atoms with van der Waals surface area (Å²) in [7, 11) is 0. The van der Waals surface area contributed by atoms with E-state index in [9.17, 15) is 10.1 Å². The van der Waals surface area contributed by atoms with Gasteiger partial charge in [0.1, 0.15) is 5.60 Å². The van der Waals surface area contributed by atoms with Crippen molar-refractivity contribution in [3.05, 3.63) is 116 Å². The minimum absolute atomic E-state index is 0.160. The van der Waals surface area contributed by atoms with Crippen molar-refractivity contribution in [3.8, 4) is 6.07 Å². The van der Waals surface area contributed by atoms with Gasteiger partial charge in [0.25, 0.3) is 0 Å². The number of hydrogen-bond acceptors (Lipinski definition) is 8. The number of carbonyl (C=O) groups is 1. The summed E-state index contributed by atoms with van der Waals surface area (Å²) in [6.07, 6.45) is 8.75. The summed E-state index contributed by atoms with van der Waals surface area (Å²) >= 11 is 10.1. The van der Waals surface area contributed by atoms with Crippen LogP contribution in [0.15, 0.2) is 77.9 Å². The summed E-state index contributed by atoms with van der Waals surface area (Å²) in [5, 5.41) is 12.2. The molecular formula is C37H41BrClN7O3. The third-order valence-electron chi connectivity index (χ3n) is 8.72. The lowest BCUT2D eigenvalue weighted by Gasteiger charge is -2.45. The highest BCUT2D eigenvalue weighted by atomic mass is 79.9. The van der Waals surface area contributed by atoms with E-state index < -0.39 is 17.9 Å². The zero-order valence-corrected chi connectivity index (χ0v) is 30.4. The van der Waals surface area contributed by atoms with Crippen LogP contribution in [0.2, 0.25) is 5.02 Å². The Kier molecular flexibility index (Phi) is 11.0. The predicted octanol–water partition coefficient (Wildman–Crippen LogP) is 7.16. The predicted molar refractivity (Wildman–Crippen MR) is 190 cm³/mol. The molecule has 1 aliphatic carbocycles. The zero-order valence-electron chi connectivity index (χ0n) is 28.1. The number of carbonyl (C=O) groups excluding carboxylic acids is 1. The first-order valence-electron chi connectivity index (χ1n) is 16.6. The van der Waals surface area contributed by atoms with Crippen LogP contribution in [0.4, 0.5) is 4.79 Å². The highest BCUT2D eigenvalue weighted by molar-refractivity contribution is 9.10. The Labute approximate surface area is 301 Å². The number of fused-ring (bicyclic) bond motifs is 2. The van der Waals surface area contributed by atoms with Crippen molar-refractivity contribution < 1.29 is 14.4 Å². The minimum Gasteiger partial charge on any atom is -0.444 e. The molecule has 1 fully saturated rings. The number of rotatable bonds is 9. The highest BCUT2D eigenvalue weighted by Gasteiger charge is 2.40. The molecule has 0 radical (unpaired) electrons. The number of pyridine rings is 1. The van der Waals surface area contributed by atoms with Crippen LogP contribution in [0.1, 0.15) is 66.7 Å². The summed E-state index contributed by atoms with van der Waals surface area (Å²) in [4.78, 5) is 33.8. The maximum Gasteiger partial charge on any atom is 0.412 e. The molecule has 0 N–H and O–H groups in total. The van der Waals surface area contributed by atoms with E-state index in [4.69, 9.17) is 26.2 Å². The number of piperazine rings is 1. The Morgan fingerprint density at radius 2 is 1.98 bits per heavy atom. The average Bonchev–Trinajstić information content (AvgIpc) is 3.53.